The van der Waals surface area contributed by atoms with E-state index in [4.69, 9.17) is 5.11 Å². The Morgan fingerprint density at radius 2 is 1.62 bits per heavy atom. The van der Waals surface area contributed by atoms with E-state index in [1.807, 2.05) is 36.4 Å². The lowest BCUT2D eigenvalue weighted by atomic mass is 10.1. The van der Waals surface area contributed by atoms with Gasteiger partial charge in [0.15, 0.2) is 0 Å². The molecule has 3 aromatic rings. The number of aromatic hydroxyl groups is 1. The van der Waals surface area contributed by atoms with Crippen molar-refractivity contribution in [3.8, 4) is 5.75 Å². The molecule has 0 bridgehead atoms. The van der Waals surface area contributed by atoms with Crippen molar-refractivity contribution in [2.24, 2.45) is 0 Å². The molecule has 2 amide bonds. The van der Waals surface area contributed by atoms with Crippen LogP contribution in [0.2, 0.25) is 0 Å². The summed E-state index contributed by atoms with van der Waals surface area (Å²) in [5, 5.41) is 23.7. The molecule has 0 aliphatic heterocycles. The maximum atomic E-state index is 12.5. The summed E-state index contributed by atoms with van der Waals surface area (Å²) < 4.78 is 0. The zero-order chi connectivity index (χ0) is 23.1. The molecule has 8 heteroatoms. The molecule has 1 unspecified atom stereocenters. The van der Waals surface area contributed by atoms with Crippen LogP contribution < -0.4 is 10.6 Å². The maximum absolute atomic E-state index is 12.5. The number of thioether (sulfide) groups is 1. The van der Waals surface area contributed by atoms with Gasteiger partial charge in [0, 0.05) is 16.3 Å². The van der Waals surface area contributed by atoms with Crippen LogP contribution in [0.1, 0.15) is 22.8 Å². The van der Waals surface area contributed by atoms with E-state index in [-0.39, 0.29) is 35.2 Å². The van der Waals surface area contributed by atoms with Gasteiger partial charge in [-0.15, -0.1) is 11.8 Å². The summed E-state index contributed by atoms with van der Waals surface area (Å²) in [5.74, 6) is -2.11. The SMILES string of the molecule is CC(Sc1cccc(NC(=O)Cc2ccccc2)c1)C(=O)Nc1ccc(O)c(C(=O)O)c1. The summed E-state index contributed by atoms with van der Waals surface area (Å²) in [7, 11) is 0. The van der Waals surface area contributed by atoms with E-state index in [0.29, 0.717) is 5.69 Å². The van der Waals surface area contributed by atoms with Crippen molar-refractivity contribution in [3.05, 3.63) is 83.9 Å². The van der Waals surface area contributed by atoms with E-state index in [1.54, 1.807) is 25.1 Å². The normalized spacial score (nSPS) is 11.4. The van der Waals surface area contributed by atoms with Crippen LogP contribution in [0.4, 0.5) is 11.4 Å². The number of carboxylic acids is 1. The minimum Gasteiger partial charge on any atom is -0.507 e. The predicted octanol–water partition coefficient (Wildman–Crippen LogP) is 4.39. The van der Waals surface area contributed by atoms with Crippen molar-refractivity contribution in [3.63, 3.8) is 0 Å². The standard InChI is InChI=1S/C24H22N2O5S/c1-15(23(29)26-18-10-11-21(27)20(14-18)24(30)31)32-19-9-5-8-17(13-19)25-22(28)12-16-6-3-2-4-7-16/h2-11,13-15,27H,12H2,1H3,(H,25,28)(H,26,29)(H,30,31). The lowest BCUT2D eigenvalue weighted by molar-refractivity contribution is -0.116. The van der Waals surface area contributed by atoms with Crippen LogP contribution in [-0.4, -0.2) is 33.2 Å². The van der Waals surface area contributed by atoms with Crippen LogP contribution in [0.5, 0.6) is 5.75 Å². The van der Waals surface area contributed by atoms with Crippen LogP contribution in [0.3, 0.4) is 0 Å². The van der Waals surface area contributed by atoms with Gasteiger partial charge in [0.1, 0.15) is 11.3 Å². The van der Waals surface area contributed by atoms with Gasteiger partial charge in [-0.3, -0.25) is 9.59 Å². The van der Waals surface area contributed by atoms with Gasteiger partial charge in [0.05, 0.1) is 11.7 Å². The van der Waals surface area contributed by atoms with Crippen LogP contribution in [0.15, 0.2) is 77.7 Å². The first-order valence-electron chi connectivity index (χ1n) is 9.79. The summed E-state index contributed by atoms with van der Waals surface area (Å²) >= 11 is 1.30. The van der Waals surface area contributed by atoms with E-state index in [1.165, 1.54) is 30.0 Å². The van der Waals surface area contributed by atoms with Gasteiger partial charge in [-0.25, -0.2) is 4.79 Å². The number of phenols is 1. The zero-order valence-electron chi connectivity index (χ0n) is 17.2. The number of carbonyl (C=O) groups excluding carboxylic acids is 2. The van der Waals surface area contributed by atoms with E-state index < -0.39 is 11.2 Å². The summed E-state index contributed by atoms with van der Waals surface area (Å²) in [5.41, 5.74) is 1.54. The summed E-state index contributed by atoms with van der Waals surface area (Å²) in [4.78, 5) is 36.8. The van der Waals surface area contributed by atoms with Crippen molar-refractivity contribution in [1.29, 1.82) is 0 Å². The number of benzene rings is 3. The molecule has 32 heavy (non-hydrogen) atoms. The largest absolute Gasteiger partial charge is 0.507 e. The Balaban J connectivity index is 1.59. The third kappa shape index (κ3) is 6.36. The molecule has 0 fully saturated rings. The number of hydrogen-bond acceptors (Lipinski definition) is 5. The summed E-state index contributed by atoms with van der Waals surface area (Å²) in [6.45, 7) is 1.72. The Hall–Kier alpha value is -3.78. The van der Waals surface area contributed by atoms with Crippen LogP contribution in [0, 0.1) is 0 Å². The number of amides is 2. The maximum Gasteiger partial charge on any atom is 0.339 e. The van der Waals surface area contributed by atoms with Gasteiger partial charge < -0.3 is 20.8 Å². The average Bonchev–Trinajstić information content (AvgIpc) is 2.75. The number of nitrogens with one attached hydrogen (secondary N) is 2. The summed E-state index contributed by atoms with van der Waals surface area (Å²) in [6, 6.07) is 20.5. The minimum absolute atomic E-state index is 0.134. The van der Waals surface area contributed by atoms with Crippen LogP contribution >= 0.6 is 11.8 Å². The Morgan fingerprint density at radius 1 is 0.906 bits per heavy atom. The smallest absolute Gasteiger partial charge is 0.339 e. The van der Waals surface area contributed by atoms with Crippen LogP contribution in [-0.2, 0) is 16.0 Å². The van der Waals surface area contributed by atoms with Crippen molar-refractivity contribution in [2.45, 2.75) is 23.5 Å². The van der Waals surface area contributed by atoms with Gasteiger partial charge in [-0.05, 0) is 48.9 Å². The Bertz CT molecular complexity index is 1130. The summed E-state index contributed by atoms with van der Waals surface area (Å²) in [6.07, 6.45) is 0.266. The Kier molecular flexibility index (Phi) is 7.51. The topological polar surface area (TPSA) is 116 Å². The molecular formula is C24H22N2O5S. The molecule has 7 nitrogen and oxygen atoms in total. The van der Waals surface area contributed by atoms with Gasteiger partial charge >= 0.3 is 5.97 Å². The fraction of sp³-hybridized carbons (Fsp3) is 0.125. The second-order valence-corrected chi connectivity index (χ2v) is 8.44. The monoisotopic (exact) mass is 450 g/mol. The molecule has 0 spiro atoms. The minimum atomic E-state index is -1.29. The van der Waals surface area contributed by atoms with Crippen molar-refractivity contribution >= 4 is 40.9 Å². The van der Waals surface area contributed by atoms with Crippen molar-refractivity contribution in [1.82, 2.24) is 0 Å². The second-order valence-electron chi connectivity index (χ2n) is 7.02. The quantitative estimate of drug-likeness (QED) is 0.299. The number of aromatic carboxylic acids is 1. The predicted molar refractivity (Wildman–Crippen MR) is 124 cm³/mol. The molecule has 164 valence electrons. The molecule has 0 saturated carbocycles. The molecule has 3 rings (SSSR count). The van der Waals surface area contributed by atoms with E-state index in [2.05, 4.69) is 10.6 Å². The highest BCUT2D eigenvalue weighted by Crippen LogP contribution is 2.27. The highest BCUT2D eigenvalue weighted by atomic mass is 32.2. The average molecular weight is 451 g/mol. The Labute approximate surface area is 189 Å². The second kappa shape index (κ2) is 10.5. The molecule has 0 saturated heterocycles. The molecule has 0 aromatic heterocycles. The molecular weight excluding hydrogens is 428 g/mol. The highest BCUT2D eigenvalue weighted by molar-refractivity contribution is 8.00. The first-order valence-corrected chi connectivity index (χ1v) is 10.7. The molecule has 4 N–H and O–H groups in total. The van der Waals surface area contributed by atoms with E-state index >= 15 is 0 Å². The molecule has 0 aliphatic carbocycles. The van der Waals surface area contributed by atoms with Gasteiger partial charge in [0.25, 0.3) is 0 Å². The van der Waals surface area contributed by atoms with Crippen molar-refractivity contribution < 1.29 is 24.6 Å². The third-order valence-electron chi connectivity index (χ3n) is 4.50. The van der Waals surface area contributed by atoms with Gasteiger partial charge in [0.2, 0.25) is 11.8 Å². The molecule has 0 radical (unpaired) electrons. The fourth-order valence-electron chi connectivity index (χ4n) is 2.92. The number of carboxylic acid groups (broad SMARTS) is 1. The van der Waals surface area contributed by atoms with E-state index in [9.17, 15) is 19.5 Å². The number of rotatable bonds is 8. The highest BCUT2D eigenvalue weighted by Gasteiger charge is 2.17. The van der Waals surface area contributed by atoms with Gasteiger partial charge in [-0.1, -0.05) is 36.4 Å². The van der Waals surface area contributed by atoms with Gasteiger partial charge in [-0.2, -0.15) is 0 Å². The zero-order valence-corrected chi connectivity index (χ0v) is 18.1. The first-order chi connectivity index (χ1) is 15.3. The first kappa shape index (κ1) is 22.9. The molecule has 1 atom stereocenters. The fourth-order valence-corrected chi connectivity index (χ4v) is 3.85. The number of hydrogen-bond donors (Lipinski definition) is 4. The molecule has 0 aliphatic rings. The number of anilines is 2. The molecule has 3 aromatic carbocycles. The lowest BCUT2D eigenvalue weighted by Crippen LogP contribution is -2.22. The van der Waals surface area contributed by atoms with Crippen molar-refractivity contribution in [2.75, 3.05) is 10.6 Å². The van der Waals surface area contributed by atoms with Crippen LogP contribution in [0.25, 0.3) is 0 Å². The third-order valence-corrected chi connectivity index (χ3v) is 5.60. The Morgan fingerprint density at radius 3 is 2.34 bits per heavy atom. The van der Waals surface area contributed by atoms with E-state index in [0.717, 1.165) is 10.5 Å². The molecule has 0 heterocycles. The number of carbonyl (C=O) groups is 3. The lowest BCUT2D eigenvalue weighted by Gasteiger charge is -2.14.